The molecule has 0 bridgehead atoms. The van der Waals surface area contributed by atoms with Crippen LogP contribution in [0.15, 0.2) is 36.4 Å². The van der Waals surface area contributed by atoms with Crippen molar-refractivity contribution in [1.82, 2.24) is 5.32 Å². The molecule has 0 heterocycles. The van der Waals surface area contributed by atoms with Gasteiger partial charge in [-0.1, -0.05) is 6.07 Å². The molecule has 6 nitrogen and oxygen atoms in total. The lowest BCUT2D eigenvalue weighted by atomic mass is 10.1. The van der Waals surface area contributed by atoms with E-state index in [-0.39, 0.29) is 16.4 Å². The van der Waals surface area contributed by atoms with Crippen molar-refractivity contribution in [3.05, 3.63) is 66.8 Å². The van der Waals surface area contributed by atoms with Gasteiger partial charge >= 0.3 is 0 Å². The standard InChI is InChI=1S/C16H14IN3O3S/c1-9-7-14(10(2)6-13(9)17)18-16(24)19-15(21)11-4-3-5-12(8-11)20(22)23/h3-8H,1-2H3,(H2,18,19,21,24). The number of carbonyl (C=O) groups excluding carboxylic acids is 1. The van der Waals surface area contributed by atoms with Gasteiger partial charge in [0.05, 0.1) is 4.92 Å². The van der Waals surface area contributed by atoms with Crippen molar-refractivity contribution < 1.29 is 9.72 Å². The maximum absolute atomic E-state index is 12.2. The zero-order valence-electron chi connectivity index (χ0n) is 12.9. The fourth-order valence-corrected chi connectivity index (χ4v) is 2.83. The molecule has 0 fully saturated rings. The Balaban J connectivity index is 2.10. The molecule has 1 amide bonds. The second-order valence-corrected chi connectivity index (χ2v) is 6.70. The molecular formula is C16H14IN3O3S. The molecule has 0 unspecified atom stereocenters. The predicted molar refractivity (Wildman–Crippen MR) is 105 cm³/mol. The number of anilines is 1. The van der Waals surface area contributed by atoms with Crippen molar-refractivity contribution in [3.63, 3.8) is 0 Å². The summed E-state index contributed by atoms with van der Waals surface area (Å²) in [6.45, 7) is 3.92. The average Bonchev–Trinajstić information content (AvgIpc) is 2.52. The number of nitro groups is 1. The second-order valence-electron chi connectivity index (χ2n) is 5.13. The normalized spacial score (nSPS) is 10.1. The number of nitro benzene ring substituents is 1. The van der Waals surface area contributed by atoms with Gasteiger partial charge in [-0.2, -0.15) is 0 Å². The highest BCUT2D eigenvalue weighted by Gasteiger charge is 2.13. The topological polar surface area (TPSA) is 84.3 Å². The molecule has 2 rings (SSSR count). The highest BCUT2D eigenvalue weighted by atomic mass is 127. The maximum Gasteiger partial charge on any atom is 0.270 e. The molecule has 24 heavy (non-hydrogen) atoms. The van der Waals surface area contributed by atoms with Crippen LogP contribution in [-0.2, 0) is 0 Å². The summed E-state index contributed by atoms with van der Waals surface area (Å²) in [5.41, 5.74) is 2.92. The number of aryl methyl sites for hydroxylation is 2. The van der Waals surface area contributed by atoms with E-state index in [0.29, 0.717) is 0 Å². The molecule has 2 aromatic rings. The van der Waals surface area contributed by atoms with E-state index in [4.69, 9.17) is 12.2 Å². The molecule has 124 valence electrons. The van der Waals surface area contributed by atoms with Gasteiger partial charge in [-0.25, -0.2) is 0 Å². The Morgan fingerprint density at radius 2 is 1.92 bits per heavy atom. The monoisotopic (exact) mass is 455 g/mol. The fourth-order valence-electron chi connectivity index (χ4n) is 2.01. The Hall–Kier alpha value is -2.07. The molecule has 0 spiro atoms. The van der Waals surface area contributed by atoms with Crippen molar-refractivity contribution in [2.75, 3.05) is 5.32 Å². The van der Waals surface area contributed by atoms with Crippen LogP contribution in [0.25, 0.3) is 0 Å². The quantitative estimate of drug-likeness (QED) is 0.317. The predicted octanol–water partition coefficient (Wildman–Crippen LogP) is 3.94. The minimum absolute atomic E-state index is 0.134. The van der Waals surface area contributed by atoms with E-state index in [9.17, 15) is 14.9 Å². The summed E-state index contributed by atoms with van der Waals surface area (Å²) in [5.74, 6) is -0.504. The van der Waals surface area contributed by atoms with Gasteiger partial charge in [-0.3, -0.25) is 20.2 Å². The van der Waals surface area contributed by atoms with Crippen molar-refractivity contribution in [3.8, 4) is 0 Å². The Labute approximate surface area is 157 Å². The van der Waals surface area contributed by atoms with E-state index in [1.807, 2.05) is 26.0 Å². The minimum Gasteiger partial charge on any atom is -0.332 e. The van der Waals surface area contributed by atoms with Gasteiger partial charge in [0.15, 0.2) is 5.11 Å². The summed E-state index contributed by atoms with van der Waals surface area (Å²) in [6.07, 6.45) is 0. The summed E-state index contributed by atoms with van der Waals surface area (Å²) in [7, 11) is 0. The van der Waals surface area contributed by atoms with Crippen LogP contribution in [0.5, 0.6) is 0 Å². The maximum atomic E-state index is 12.2. The Bertz CT molecular complexity index is 839. The van der Waals surface area contributed by atoms with Gasteiger partial charge in [0.1, 0.15) is 0 Å². The second kappa shape index (κ2) is 7.67. The number of carbonyl (C=O) groups is 1. The zero-order chi connectivity index (χ0) is 17.9. The first-order valence-electron chi connectivity index (χ1n) is 6.91. The highest BCUT2D eigenvalue weighted by Crippen LogP contribution is 2.22. The molecule has 0 radical (unpaired) electrons. The van der Waals surface area contributed by atoms with Crippen LogP contribution in [-0.4, -0.2) is 15.9 Å². The van der Waals surface area contributed by atoms with E-state index in [2.05, 4.69) is 33.2 Å². The fraction of sp³-hybridized carbons (Fsp3) is 0.125. The molecule has 0 aliphatic carbocycles. The number of hydrogen-bond donors (Lipinski definition) is 2. The average molecular weight is 455 g/mol. The first-order chi connectivity index (χ1) is 11.3. The van der Waals surface area contributed by atoms with Crippen molar-refractivity contribution in [2.24, 2.45) is 0 Å². The Morgan fingerprint density at radius 3 is 2.58 bits per heavy atom. The van der Waals surface area contributed by atoms with Gasteiger partial charge < -0.3 is 5.32 Å². The first-order valence-corrected chi connectivity index (χ1v) is 8.40. The molecule has 0 saturated heterocycles. The SMILES string of the molecule is Cc1cc(NC(=S)NC(=O)c2cccc([N+](=O)[O-])c2)c(C)cc1I. The number of non-ortho nitro benzene ring substituents is 1. The molecule has 2 N–H and O–H groups in total. The molecule has 0 aromatic heterocycles. The van der Waals surface area contributed by atoms with Crippen LogP contribution in [0.4, 0.5) is 11.4 Å². The summed E-state index contributed by atoms with van der Waals surface area (Å²) in [4.78, 5) is 22.4. The van der Waals surface area contributed by atoms with E-state index in [0.717, 1.165) is 20.4 Å². The molecule has 8 heteroatoms. The van der Waals surface area contributed by atoms with Crippen molar-refractivity contribution >= 4 is 57.2 Å². The van der Waals surface area contributed by atoms with E-state index >= 15 is 0 Å². The van der Waals surface area contributed by atoms with E-state index in [1.165, 1.54) is 24.3 Å². The van der Waals surface area contributed by atoms with Crippen molar-refractivity contribution in [1.29, 1.82) is 0 Å². The summed E-state index contributed by atoms with van der Waals surface area (Å²) >= 11 is 7.40. The smallest absolute Gasteiger partial charge is 0.270 e. The number of thiocarbonyl (C=S) groups is 1. The third kappa shape index (κ3) is 4.48. The van der Waals surface area contributed by atoms with Crippen LogP contribution in [0.2, 0.25) is 0 Å². The van der Waals surface area contributed by atoms with E-state index in [1.54, 1.807) is 0 Å². The lowest BCUT2D eigenvalue weighted by Crippen LogP contribution is -2.34. The molecular weight excluding hydrogens is 441 g/mol. The van der Waals surface area contributed by atoms with Crippen LogP contribution in [0, 0.1) is 27.5 Å². The van der Waals surface area contributed by atoms with Crippen molar-refractivity contribution in [2.45, 2.75) is 13.8 Å². The van der Waals surface area contributed by atoms with Crippen LogP contribution in [0.1, 0.15) is 21.5 Å². The number of amides is 1. The van der Waals surface area contributed by atoms with Gasteiger partial charge in [-0.15, -0.1) is 0 Å². The lowest BCUT2D eigenvalue weighted by Gasteiger charge is -2.13. The zero-order valence-corrected chi connectivity index (χ0v) is 15.9. The Morgan fingerprint density at radius 1 is 1.21 bits per heavy atom. The number of benzene rings is 2. The first kappa shape index (κ1) is 18.3. The number of hydrogen-bond acceptors (Lipinski definition) is 4. The minimum atomic E-state index is -0.551. The summed E-state index contributed by atoms with van der Waals surface area (Å²) in [5, 5.41) is 16.4. The number of rotatable bonds is 3. The molecule has 0 aliphatic rings. The van der Waals surface area contributed by atoms with Gasteiger partial charge in [0, 0.05) is 27.0 Å². The van der Waals surface area contributed by atoms with E-state index < -0.39 is 10.8 Å². The lowest BCUT2D eigenvalue weighted by molar-refractivity contribution is -0.384. The molecule has 2 aromatic carbocycles. The number of nitrogens with zero attached hydrogens (tertiary/aromatic N) is 1. The molecule has 0 atom stereocenters. The van der Waals surface area contributed by atoms with Crippen LogP contribution < -0.4 is 10.6 Å². The van der Waals surface area contributed by atoms with Crippen LogP contribution in [0.3, 0.4) is 0 Å². The van der Waals surface area contributed by atoms with Gasteiger partial charge in [-0.05, 0) is 78.0 Å². The number of nitrogens with one attached hydrogen (secondary N) is 2. The number of halogens is 1. The molecule has 0 saturated carbocycles. The Kier molecular flexibility index (Phi) is 5.84. The third-order valence-electron chi connectivity index (χ3n) is 3.30. The molecule has 0 aliphatic heterocycles. The summed E-state index contributed by atoms with van der Waals surface area (Å²) < 4.78 is 1.14. The summed E-state index contributed by atoms with van der Waals surface area (Å²) in [6, 6.07) is 9.44. The van der Waals surface area contributed by atoms with Crippen LogP contribution >= 0.6 is 34.8 Å². The van der Waals surface area contributed by atoms with Gasteiger partial charge in [0.25, 0.3) is 11.6 Å². The third-order valence-corrected chi connectivity index (χ3v) is 4.67. The van der Waals surface area contributed by atoms with Gasteiger partial charge in [0.2, 0.25) is 0 Å². The largest absolute Gasteiger partial charge is 0.332 e. The highest BCUT2D eigenvalue weighted by molar-refractivity contribution is 14.1.